The fraction of sp³-hybridized carbons (Fsp3) is 0.650. The van der Waals surface area contributed by atoms with Crippen molar-refractivity contribution < 1.29 is 9.90 Å². The van der Waals surface area contributed by atoms with Crippen LogP contribution in [0.15, 0.2) is 24.3 Å². The third-order valence-electron chi connectivity index (χ3n) is 5.46. The second-order valence-corrected chi connectivity index (χ2v) is 8.08. The molecule has 1 fully saturated rings. The number of benzene rings is 1. The van der Waals surface area contributed by atoms with E-state index in [0.717, 1.165) is 11.5 Å². The molecule has 1 aliphatic rings. The van der Waals surface area contributed by atoms with Gasteiger partial charge in [-0.2, -0.15) is 0 Å². The van der Waals surface area contributed by atoms with Crippen molar-refractivity contribution in [1.29, 1.82) is 0 Å². The van der Waals surface area contributed by atoms with Gasteiger partial charge in [-0.25, -0.2) is 0 Å². The van der Waals surface area contributed by atoms with Gasteiger partial charge in [-0.3, -0.25) is 4.79 Å². The van der Waals surface area contributed by atoms with Gasteiger partial charge >= 0.3 is 5.97 Å². The summed E-state index contributed by atoms with van der Waals surface area (Å²) in [5, 5.41) is 8.88. The number of aliphatic carboxylic acids is 1. The molecule has 128 valence electrons. The molecule has 3 nitrogen and oxygen atoms in total. The molecule has 0 aliphatic heterocycles. The highest BCUT2D eigenvalue weighted by atomic mass is 16.4. The summed E-state index contributed by atoms with van der Waals surface area (Å²) >= 11 is 0. The van der Waals surface area contributed by atoms with Crippen LogP contribution in [0.5, 0.6) is 0 Å². The second-order valence-electron chi connectivity index (χ2n) is 8.08. The van der Waals surface area contributed by atoms with Crippen molar-refractivity contribution >= 4 is 5.97 Å². The van der Waals surface area contributed by atoms with Crippen LogP contribution in [-0.2, 0) is 4.79 Å². The smallest absolute Gasteiger partial charge is 0.303 e. The minimum Gasteiger partial charge on any atom is -0.481 e. The first-order chi connectivity index (χ1) is 10.8. The lowest BCUT2D eigenvalue weighted by Gasteiger charge is -2.37. The van der Waals surface area contributed by atoms with E-state index in [4.69, 9.17) is 10.8 Å². The molecule has 0 saturated heterocycles. The van der Waals surface area contributed by atoms with E-state index in [1.807, 2.05) is 6.07 Å². The first-order valence-corrected chi connectivity index (χ1v) is 8.85. The van der Waals surface area contributed by atoms with Crippen LogP contribution in [0.25, 0.3) is 0 Å². The molecule has 3 N–H and O–H groups in total. The highest BCUT2D eigenvalue weighted by molar-refractivity contribution is 5.66. The maximum atomic E-state index is 10.8. The molecule has 1 atom stereocenters. The molecule has 0 aromatic heterocycles. The Morgan fingerprint density at radius 2 is 1.83 bits per heavy atom. The summed E-state index contributed by atoms with van der Waals surface area (Å²) < 4.78 is 0. The molecule has 0 bridgehead atoms. The first-order valence-electron chi connectivity index (χ1n) is 8.85. The van der Waals surface area contributed by atoms with Crippen LogP contribution >= 0.6 is 0 Å². The number of carbonyl (C=O) groups is 1. The van der Waals surface area contributed by atoms with Crippen molar-refractivity contribution in [3.63, 3.8) is 0 Å². The van der Waals surface area contributed by atoms with E-state index in [1.165, 1.54) is 31.2 Å². The van der Waals surface area contributed by atoms with Crippen molar-refractivity contribution in [1.82, 2.24) is 0 Å². The maximum absolute atomic E-state index is 10.8. The molecule has 2 rings (SSSR count). The zero-order chi connectivity index (χ0) is 17.0. The SMILES string of the molecule is CC(C)(C)C1CCC(c2ccccc2C(N)CCC(=O)O)CC1. The number of nitrogens with two attached hydrogens (primary N) is 1. The average molecular weight is 317 g/mol. The van der Waals surface area contributed by atoms with E-state index in [2.05, 4.69) is 39.0 Å². The number of carboxylic acid groups (broad SMARTS) is 1. The third kappa shape index (κ3) is 4.81. The Morgan fingerprint density at radius 1 is 1.22 bits per heavy atom. The fourth-order valence-electron chi connectivity index (χ4n) is 3.93. The molecule has 0 spiro atoms. The average Bonchev–Trinajstić information content (AvgIpc) is 2.52. The molecule has 0 radical (unpaired) electrons. The van der Waals surface area contributed by atoms with Gasteiger partial charge in [0.1, 0.15) is 0 Å². The van der Waals surface area contributed by atoms with Crippen LogP contribution in [0.3, 0.4) is 0 Å². The predicted octanol–water partition coefficient (Wildman–Crippen LogP) is 4.87. The molecule has 3 heteroatoms. The molecule has 0 heterocycles. The lowest BCUT2D eigenvalue weighted by Crippen LogP contribution is -2.26. The third-order valence-corrected chi connectivity index (χ3v) is 5.46. The Kier molecular flexibility index (Phi) is 5.85. The number of hydrogen-bond acceptors (Lipinski definition) is 2. The summed E-state index contributed by atoms with van der Waals surface area (Å²) in [5.41, 5.74) is 9.17. The lowest BCUT2D eigenvalue weighted by atomic mass is 9.68. The van der Waals surface area contributed by atoms with Crippen molar-refractivity contribution in [3.05, 3.63) is 35.4 Å². The molecule has 1 unspecified atom stereocenters. The van der Waals surface area contributed by atoms with Gasteiger partial charge in [-0.1, -0.05) is 45.0 Å². The van der Waals surface area contributed by atoms with E-state index in [9.17, 15) is 4.79 Å². The summed E-state index contributed by atoms with van der Waals surface area (Å²) in [6, 6.07) is 8.19. The Hall–Kier alpha value is -1.35. The van der Waals surface area contributed by atoms with Crippen LogP contribution in [0.1, 0.15) is 82.4 Å². The molecule has 1 aromatic rings. The first kappa shape index (κ1) is 18.0. The van der Waals surface area contributed by atoms with Gasteiger partial charge in [0.05, 0.1) is 0 Å². The Morgan fingerprint density at radius 3 is 2.39 bits per heavy atom. The monoisotopic (exact) mass is 317 g/mol. The highest BCUT2D eigenvalue weighted by Gasteiger charge is 2.31. The van der Waals surface area contributed by atoms with E-state index < -0.39 is 5.97 Å². The summed E-state index contributed by atoms with van der Waals surface area (Å²) in [4.78, 5) is 10.8. The van der Waals surface area contributed by atoms with Crippen molar-refractivity contribution in [2.24, 2.45) is 17.1 Å². The van der Waals surface area contributed by atoms with Gasteiger partial charge in [0.25, 0.3) is 0 Å². The summed E-state index contributed by atoms with van der Waals surface area (Å²) in [7, 11) is 0. The standard InChI is InChI=1S/C20H31NO2/c1-20(2,3)15-10-8-14(9-11-15)16-6-4-5-7-17(16)18(21)12-13-19(22)23/h4-7,14-15,18H,8-13,21H2,1-3H3,(H,22,23). The topological polar surface area (TPSA) is 63.3 Å². The maximum Gasteiger partial charge on any atom is 0.303 e. The minimum absolute atomic E-state index is 0.131. The van der Waals surface area contributed by atoms with Gasteiger partial charge < -0.3 is 10.8 Å². The second kappa shape index (κ2) is 7.48. The van der Waals surface area contributed by atoms with Gasteiger partial charge in [0.15, 0.2) is 0 Å². The predicted molar refractivity (Wildman–Crippen MR) is 94.4 cm³/mol. The molecule has 23 heavy (non-hydrogen) atoms. The molecule has 1 aromatic carbocycles. The van der Waals surface area contributed by atoms with E-state index in [1.54, 1.807) is 0 Å². The van der Waals surface area contributed by atoms with Crippen molar-refractivity contribution in [3.8, 4) is 0 Å². The zero-order valence-electron chi connectivity index (χ0n) is 14.7. The Bertz CT molecular complexity index is 525. The summed E-state index contributed by atoms with van der Waals surface area (Å²) in [6.07, 6.45) is 5.60. The quantitative estimate of drug-likeness (QED) is 0.814. The van der Waals surface area contributed by atoms with E-state index >= 15 is 0 Å². The van der Waals surface area contributed by atoms with Gasteiger partial charge in [0, 0.05) is 12.5 Å². The van der Waals surface area contributed by atoms with Crippen molar-refractivity contribution in [2.45, 2.75) is 71.3 Å². The molecule has 1 aliphatic carbocycles. The normalized spacial score (nSPS) is 23.5. The van der Waals surface area contributed by atoms with Crippen molar-refractivity contribution in [2.75, 3.05) is 0 Å². The van der Waals surface area contributed by atoms with Crippen LogP contribution in [0, 0.1) is 11.3 Å². The minimum atomic E-state index is -0.774. The summed E-state index contributed by atoms with van der Waals surface area (Å²) in [5.74, 6) is 0.593. The number of hydrogen-bond donors (Lipinski definition) is 2. The van der Waals surface area contributed by atoms with Crippen LogP contribution in [0.4, 0.5) is 0 Å². The number of carboxylic acids is 1. The molecular weight excluding hydrogens is 286 g/mol. The number of rotatable bonds is 5. The highest BCUT2D eigenvalue weighted by Crippen LogP contribution is 2.44. The van der Waals surface area contributed by atoms with Gasteiger partial charge in [0.2, 0.25) is 0 Å². The largest absolute Gasteiger partial charge is 0.481 e. The fourth-order valence-corrected chi connectivity index (χ4v) is 3.93. The summed E-state index contributed by atoms with van der Waals surface area (Å²) in [6.45, 7) is 7.02. The van der Waals surface area contributed by atoms with Gasteiger partial charge in [-0.05, 0) is 60.5 Å². The zero-order valence-corrected chi connectivity index (χ0v) is 14.7. The van der Waals surface area contributed by atoms with Crippen LogP contribution in [0.2, 0.25) is 0 Å². The molecular formula is C20H31NO2. The Labute approximate surface area is 140 Å². The van der Waals surface area contributed by atoms with E-state index in [0.29, 0.717) is 17.8 Å². The van der Waals surface area contributed by atoms with E-state index in [-0.39, 0.29) is 12.5 Å². The van der Waals surface area contributed by atoms with Gasteiger partial charge in [-0.15, -0.1) is 0 Å². The van der Waals surface area contributed by atoms with Crippen LogP contribution < -0.4 is 5.73 Å². The molecule has 1 saturated carbocycles. The molecule has 0 amide bonds. The van der Waals surface area contributed by atoms with Crippen LogP contribution in [-0.4, -0.2) is 11.1 Å². The lowest BCUT2D eigenvalue weighted by molar-refractivity contribution is -0.137. The Balaban J connectivity index is 2.08.